The van der Waals surface area contributed by atoms with Gasteiger partial charge < -0.3 is 39.9 Å². The number of alkyl carbamates (subject to hydrolysis) is 2. The average Bonchev–Trinajstić information content (AvgIpc) is 4.11. The molecule has 4 amide bonds. The molecule has 0 radical (unpaired) electrons. The molecule has 4 aromatic carbocycles. The highest BCUT2D eigenvalue weighted by Crippen LogP contribution is 2.36. The zero-order valence-electron chi connectivity index (χ0n) is 32.2. The van der Waals surface area contributed by atoms with Crippen LogP contribution in [-0.2, 0) is 19.1 Å². The standard InChI is InChI=1S/C44H44N8O6/c1-57-43(55)49-37(29-11-5-3-6-12-29)41(53)51-23-9-15-35(51)39-45-26-34(48-39)28-19-17-27(18-20-28)31-21-22-32-33(25-31)47-40(46-32)36-16-10-24-52(36)42(54)38(50-44(56)58-2)30-13-7-4-8-14-30/h3-8,11-14,17-22,25-26,35-38H,9-10,15-16,23-24H2,1-2H3,(H,45,48)(H,46,47)(H,49,55)(H,50,56). The molecule has 14 heteroatoms. The van der Waals surface area contributed by atoms with E-state index in [0.717, 1.165) is 59.1 Å². The van der Waals surface area contributed by atoms with Crippen molar-refractivity contribution < 1.29 is 28.7 Å². The van der Waals surface area contributed by atoms with Gasteiger partial charge >= 0.3 is 12.2 Å². The molecule has 296 valence electrons. The average molecular weight is 781 g/mol. The number of methoxy groups -OCH3 is 2. The lowest BCUT2D eigenvalue weighted by molar-refractivity contribution is -0.135. The number of carbonyl (C=O) groups is 4. The molecule has 6 aromatic rings. The number of fused-ring (bicyclic) bond motifs is 1. The van der Waals surface area contributed by atoms with Crippen LogP contribution in [0.4, 0.5) is 9.59 Å². The zero-order chi connectivity index (χ0) is 40.2. The Morgan fingerprint density at radius 2 is 1.17 bits per heavy atom. The largest absolute Gasteiger partial charge is 0.453 e. The van der Waals surface area contributed by atoms with Crippen LogP contribution in [0.5, 0.6) is 0 Å². The molecule has 58 heavy (non-hydrogen) atoms. The van der Waals surface area contributed by atoms with Crippen LogP contribution in [0, 0.1) is 0 Å². The molecule has 4 N–H and O–H groups in total. The molecule has 4 heterocycles. The molecule has 2 aromatic heterocycles. The number of benzene rings is 4. The number of ether oxygens (including phenoxy) is 2. The van der Waals surface area contributed by atoms with Crippen molar-refractivity contribution in [2.75, 3.05) is 27.3 Å². The van der Waals surface area contributed by atoms with E-state index in [1.54, 1.807) is 16.0 Å². The molecular weight excluding hydrogens is 737 g/mol. The first kappa shape index (κ1) is 37.9. The van der Waals surface area contributed by atoms with Crippen molar-refractivity contribution in [1.29, 1.82) is 0 Å². The number of hydrogen-bond acceptors (Lipinski definition) is 8. The van der Waals surface area contributed by atoms with E-state index in [1.165, 1.54) is 14.2 Å². The minimum Gasteiger partial charge on any atom is -0.453 e. The Balaban J connectivity index is 0.972. The number of aromatic nitrogens is 4. The number of imidazole rings is 2. The molecule has 0 saturated carbocycles. The second kappa shape index (κ2) is 16.6. The lowest BCUT2D eigenvalue weighted by atomic mass is 10.0. The SMILES string of the molecule is COC(=O)NC(C(=O)N1CCCC1c1ncc(-c2ccc(-c3ccc4nc(C5CCCN5C(=O)C(NC(=O)OC)c5ccccc5)[nH]c4c3)cc2)[nH]1)c1ccccc1. The van der Waals surface area contributed by atoms with Gasteiger partial charge in [-0.3, -0.25) is 9.59 Å². The van der Waals surface area contributed by atoms with Crippen molar-refractivity contribution in [3.05, 3.63) is 132 Å². The van der Waals surface area contributed by atoms with E-state index in [2.05, 4.69) is 38.8 Å². The van der Waals surface area contributed by atoms with Crippen molar-refractivity contribution in [2.45, 2.75) is 49.9 Å². The summed E-state index contributed by atoms with van der Waals surface area (Å²) in [6.45, 7) is 1.09. The highest BCUT2D eigenvalue weighted by atomic mass is 16.5. The zero-order valence-corrected chi connectivity index (χ0v) is 32.2. The van der Waals surface area contributed by atoms with E-state index in [9.17, 15) is 19.2 Å². The number of nitrogens with zero attached hydrogens (tertiary/aromatic N) is 4. The number of likely N-dealkylation sites (tertiary alicyclic amines) is 2. The molecule has 0 aliphatic carbocycles. The van der Waals surface area contributed by atoms with Crippen LogP contribution in [0.25, 0.3) is 33.4 Å². The lowest BCUT2D eigenvalue weighted by Crippen LogP contribution is -2.42. The van der Waals surface area contributed by atoms with Crippen LogP contribution in [0.2, 0.25) is 0 Å². The van der Waals surface area contributed by atoms with Crippen molar-refractivity contribution >= 4 is 35.0 Å². The minimum atomic E-state index is -0.891. The summed E-state index contributed by atoms with van der Waals surface area (Å²) < 4.78 is 9.66. The third kappa shape index (κ3) is 7.73. The highest BCUT2D eigenvalue weighted by Gasteiger charge is 2.38. The van der Waals surface area contributed by atoms with E-state index < -0.39 is 24.3 Å². The molecule has 2 saturated heterocycles. The Bertz CT molecular complexity index is 2420. The van der Waals surface area contributed by atoms with Crippen LogP contribution < -0.4 is 10.6 Å². The maximum absolute atomic E-state index is 14.0. The van der Waals surface area contributed by atoms with Crippen LogP contribution in [0.1, 0.15) is 72.6 Å². The summed E-state index contributed by atoms with van der Waals surface area (Å²) in [4.78, 5) is 72.4. The van der Waals surface area contributed by atoms with Gasteiger partial charge in [0.25, 0.3) is 11.8 Å². The summed E-state index contributed by atoms with van der Waals surface area (Å²) in [5, 5.41) is 5.42. The lowest BCUT2D eigenvalue weighted by Gasteiger charge is -2.28. The number of amides is 4. The number of aromatic amines is 2. The number of rotatable bonds is 10. The van der Waals surface area contributed by atoms with Gasteiger partial charge in [0, 0.05) is 13.1 Å². The van der Waals surface area contributed by atoms with Crippen molar-refractivity contribution in [1.82, 2.24) is 40.4 Å². The summed E-state index contributed by atoms with van der Waals surface area (Å²) in [6, 6.07) is 30.2. The predicted molar refractivity (Wildman–Crippen MR) is 216 cm³/mol. The highest BCUT2D eigenvalue weighted by molar-refractivity contribution is 5.89. The molecule has 0 spiro atoms. The van der Waals surface area contributed by atoms with Crippen molar-refractivity contribution in [2.24, 2.45) is 0 Å². The van der Waals surface area contributed by atoms with Gasteiger partial charge in [0.15, 0.2) is 0 Å². The Kier molecular flexibility index (Phi) is 10.9. The number of hydrogen-bond donors (Lipinski definition) is 4. The van der Waals surface area contributed by atoms with Gasteiger partial charge in [0.05, 0.1) is 49.2 Å². The van der Waals surface area contributed by atoms with E-state index in [4.69, 9.17) is 19.4 Å². The third-order valence-corrected chi connectivity index (χ3v) is 11.0. The van der Waals surface area contributed by atoms with Crippen LogP contribution in [0.15, 0.2) is 109 Å². The van der Waals surface area contributed by atoms with Gasteiger partial charge in [0.1, 0.15) is 23.7 Å². The summed E-state index contributed by atoms with van der Waals surface area (Å²) >= 11 is 0. The van der Waals surface area contributed by atoms with Gasteiger partial charge in [-0.1, -0.05) is 91.0 Å². The van der Waals surface area contributed by atoms with Crippen molar-refractivity contribution in [3.8, 4) is 22.4 Å². The second-order valence-electron chi connectivity index (χ2n) is 14.5. The van der Waals surface area contributed by atoms with Gasteiger partial charge in [-0.05, 0) is 65.6 Å². The fourth-order valence-electron chi connectivity index (χ4n) is 8.04. The van der Waals surface area contributed by atoms with Gasteiger partial charge in [0.2, 0.25) is 0 Å². The molecular formula is C44H44N8O6. The Morgan fingerprint density at radius 3 is 1.72 bits per heavy atom. The number of carbonyl (C=O) groups excluding carboxylic acids is 4. The second-order valence-corrected chi connectivity index (χ2v) is 14.5. The first-order valence-corrected chi connectivity index (χ1v) is 19.4. The maximum atomic E-state index is 14.0. The molecule has 4 unspecified atom stereocenters. The summed E-state index contributed by atoms with van der Waals surface area (Å²) in [6.07, 6.45) is 3.54. The monoisotopic (exact) mass is 780 g/mol. The normalized spacial score (nSPS) is 17.5. The minimum absolute atomic E-state index is 0.219. The Labute approximate surface area is 335 Å². The molecule has 2 aliphatic rings. The number of nitrogens with one attached hydrogen (secondary N) is 4. The van der Waals surface area contributed by atoms with E-state index in [0.29, 0.717) is 35.9 Å². The third-order valence-electron chi connectivity index (χ3n) is 11.0. The molecule has 4 atom stereocenters. The van der Waals surface area contributed by atoms with Gasteiger partial charge in [-0.15, -0.1) is 0 Å². The quantitative estimate of drug-likeness (QED) is 0.113. The van der Waals surface area contributed by atoms with Crippen LogP contribution in [0.3, 0.4) is 0 Å². The Morgan fingerprint density at radius 1 is 0.655 bits per heavy atom. The first-order valence-electron chi connectivity index (χ1n) is 19.4. The molecule has 8 rings (SSSR count). The smallest absolute Gasteiger partial charge is 0.407 e. The molecule has 2 fully saturated rings. The summed E-state index contributed by atoms with van der Waals surface area (Å²) in [7, 11) is 2.56. The number of H-pyrrole nitrogens is 2. The summed E-state index contributed by atoms with van der Waals surface area (Å²) in [5.74, 6) is 0.948. The summed E-state index contributed by atoms with van der Waals surface area (Å²) in [5.41, 5.74) is 6.78. The fourth-order valence-corrected chi connectivity index (χ4v) is 8.04. The predicted octanol–water partition coefficient (Wildman–Crippen LogP) is 7.14. The maximum Gasteiger partial charge on any atom is 0.407 e. The van der Waals surface area contributed by atoms with Crippen LogP contribution in [-0.4, -0.2) is 81.0 Å². The Hall–Kier alpha value is -6.96. The topological polar surface area (TPSA) is 175 Å². The van der Waals surface area contributed by atoms with Gasteiger partial charge in [-0.2, -0.15) is 0 Å². The van der Waals surface area contributed by atoms with E-state index >= 15 is 0 Å². The fraction of sp³-hybridized carbons (Fsp3) is 0.273. The van der Waals surface area contributed by atoms with Crippen molar-refractivity contribution in [3.63, 3.8) is 0 Å². The van der Waals surface area contributed by atoms with E-state index in [-0.39, 0.29) is 23.9 Å². The van der Waals surface area contributed by atoms with E-state index in [1.807, 2.05) is 84.9 Å². The molecule has 2 aliphatic heterocycles. The molecule has 14 nitrogen and oxygen atoms in total. The van der Waals surface area contributed by atoms with Crippen LogP contribution >= 0.6 is 0 Å². The molecule has 0 bridgehead atoms. The first-order chi connectivity index (χ1) is 28.3. The van der Waals surface area contributed by atoms with Gasteiger partial charge in [-0.25, -0.2) is 19.6 Å².